The summed E-state index contributed by atoms with van der Waals surface area (Å²) in [6.07, 6.45) is 11.0. The molecule has 3 heterocycles. The highest BCUT2D eigenvalue weighted by Gasteiger charge is 2.27. The van der Waals surface area contributed by atoms with E-state index in [1.807, 2.05) is 19.2 Å². The zero-order chi connectivity index (χ0) is 19.2. The molecule has 1 unspecified atom stereocenters. The van der Waals surface area contributed by atoms with Gasteiger partial charge in [0.25, 0.3) is 0 Å². The lowest BCUT2D eigenvalue weighted by molar-refractivity contribution is 0.115. The maximum atomic E-state index is 5.33. The van der Waals surface area contributed by atoms with Gasteiger partial charge in [0.2, 0.25) is 5.82 Å². The number of hydrogen-bond donors (Lipinski definition) is 3. The lowest BCUT2D eigenvalue weighted by Crippen LogP contribution is -2.53. The van der Waals surface area contributed by atoms with Crippen LogP contribution in [0.1, 0.15) is 50.8 Å². The maximum Gasteiger partial charge on any atom is 0.216 e. The summed E-state index contributed by atoms with van der Waals surface area (Å²) in [5, 5.41) is 14.1. The third-order valence-electron chi connectivity index (χ3n) is 5.80. The highest BCUT2D eigenvalue weighted by Crippen LogP contribution is 2.25. The molecule has 1 saturated carbocycles. The Morgan fingerprint density at radius 1 is 1.28 bits per heavy atom. The van der Waals surface area contributed by atoms with Crippen molar-refractivity contribution in [2.75, 3.05) is 20.1 Å². The zero-order valence-corrected chi connectivity index (χ0v) is 19.4. The monoisotopic (exact) mass is 513 g/mol. The molecule has 1 atom stereocenters. The van der Waals surface area contributed by atoms with Crippen molar-refractivity contribution in [3.8, 4) is 11.6 Å². The first kappa shape index (κ1) is 22.1. The number of likely N-dealkylation sites (tertiary alicyclic amines) is 1. The fraction of sp³-hybridized carbons (Fsp3) is 0.650. The summed E-state index contributed by atoms with van der Waals surface area (Å²) in [4.78, 5) is 11.5. The van der Waals surface area contributed by atoms with Crippen LogP contribution in [0.4, 0.5) is 0 Å². The average molecular weight is 513 g/mol. The number of nitrogens with one attached hydrogen (secondary N) is 3. The number of furan rings is 1. The van der Waals surface area contributed by atoms with Crippen molar-refractivity contribution in [1.82, 2.24) is 30.7 Å². The SMILES string of the molecule is CN=C(NCc1nc(-c2ccco2)n[nH]1)NC1CCCN(C2CCCCC2)C1.I. The molecule has 2 aliphatic rings. The molecule has 2 aromatic heterocycles. The fourth-order valence-electron chi connectivity index (χ4n) is 4.35. The molecular formula is C20H32IN7O. The largest absolute Gasteiger partial charge is 0.461 e. The summed E-state index contributed by atoms with van der Waals surface area (Å²) >= 11 is 0. The Hall–Kier alpha value is -1.62. The number of halogens is 1. The van der Waals surface area contributed by atoms with Crippen LogP contribution in [0.25, 0.3) is 11.6 Å². The standard InChI is InChI=1S/C20H31N7O.HI/c1-21-20(22-13-18-24-19(26-25-18)17-10-6-12-28-17)23-15-7-5-11-27(14-15)16-8-3-2-4-9-16;/h6,10,12,15-16H,2-5,7-9,11,13-14H2,1H3,(H2,21,22,23)(H,24,25,26);1H. The molecular weight excluding hydrogens is 481 g/mol. The Labute approximate surface area is 189 Å². The molecule has 0 bridgehead atoms. The second kappa shape index (κ2) is 11.0. The molecule has 8 nitrogen and oxygen atoms in total. The number of aliphatic imine (C=N–C) groups is 1. The number of piperidine rings is 1. The predicted molar refractivity (Wildman–Crippen MR) is 124 cm³/mol. The number of H-pyrrole nitrogens is 1. The number of rotatable bonds is 5. The number of aromatic amines is 1. The van der Waals surface area contributed by atoms with E-state index in [2.05, 4.69) is 35.7 Å². The second-order valence-electron chi connectivity index (χ2n) is 7.78. The highest BCUT2D eigenvalue weighted by molar-refractivity contribution is 14.0. The molecule has 2 fully saturated rings. The van der Waals surface area contributed by atoms with E-state index in [9.17, 15) is 0 Å². The van der Waals surface area contributed by atoms with Crippen LogP contribution >= 0.6 is 24.0 Å². The van der Waals surface area contributed by atoms with E-state index in [1.165, 1.54) is 51.5 Å². The molecule has 0 amide bonds. The molecule has 9 heteroatoms. The van der Waals surface area contributed by atoms with Crippen molar-refractivity contribution in [2.24, 2.45) is 4.99 Å². The van der Waals surface area contributed by atoms with Gasteiger partial charge < -0.3 is 15.1 Å². The Morgan fingerprint density at radius 2 is 2.14 bits per heavy atom. The first-order valence-corrected chi connectivity index (χ1v) is 10.5. The normalized spacial score (nSPS) is 21.6. The maximum absolute atomic E-state index is 5.33. The van der Waals surface area contributed by atoms with Gasteiger partial charge in [-0.15, -0.1) is 29.1 Å². The van der Waals surface area contributed by atoms with Crippen LogP contribution in [-0.4, -0.2) is 58.3 Å². The lowest BCUT2D eigenvalue weighted by Gasteiger charge is -2.40. The van der Waals surface area contributed by atoms with Gasteiger partial charge >= 0.3 is 0 Å². The topological polar surface area (TPSA) is 94.4 Å². The van der Waals surface area contributed by atoms with Crippen LogP contribution in [0, 0.1) is 0 Å². The summed E-state index contributed by atoms with van der Waals surface area (Å²) in [7, 11) is 1.81. The molecule has 160 valence electrons. The van der Waals surface area contributed by atoms with Crippen LogP contribution in [0.5, 0.6) is 0 Å². The zero-order valence-electron chi connectivity index (χ0n) is 17.1. The Kier molecular flexibility index (Phi) is 8.34. The summed E-state index contributed by atoms with van der Waals surface area (Å²) < 4.78 is 5.33. The van der Waals surface area contributed by atoms with Gasteiger partial charge in [0.05, 0.1) is 12.8 Å². The van der Waals surface area contributed by atoms with Crippen molar-refractivity contribution < 1.29 is 4.42 Å². The van der Waals surface area contributed by atoms with E-state index in [4.69, 9.17) is 4.42 Å². The summed E-state index contributed by atoms with van der Waals surface area (Å²) in [6, 6.07) is 4.90. The van der Waals surface area contributed by atoms with Gasteiger partial charge in [0.1, 0.15) is 5.82 Å². The van der Waals surface area contributed by atoms with Crippen molar-refractivity contribution in [2.45, 2.75) is 63.6 Å². The van der Waals surface area contributed by atoms with Crippen molar-refractivity contribution in [3.05, 3.63) is 24.2 Å². The van der Waals surface area contributed by atoms with Gasteiger partial charge in [-0.2, -0.15) is 0 Å². The van der Waals surface area contributed by atoms with Crippen LogP contribution in [-0.2, 0) is 6.54 Å². The van der Waals surface area contributed by atoms with Crippen molar-refractivity contribution >= 4 is 29.9 Å². The van der Waals surface area contributed by atoms with Crippen LogP contribution in [0.2, 0.25) is 0 Å². The van der Waals surface area contributed by atoms with E-state index < -0.39 is 0 Å². The van der Waals surface area contributed by atoms with Crippen LogP contribution in [0.3, 0.4) is 0 Å². The van der Waals surface area contributed by atoms with Crippen molar-refractivity contribution in [3.63, 3.8) is 0 Å². The van der Waals surface area contributed by atoms with Crippen LogP contribution in [0.15, 0.2) is 27.8 Å². The fourth-order valence-corrected chi connectivity index (χ4v) is 4.35. The van der Waals surface area contributed by atoms with Gasteiger partial charge in [0.15, 0.2) is 11.7 Å². The first-order chi connectivity index (χ1) is 13.8. The van der Waals surface area contributed by atoms with Crippen molar-refractivity contribution in [1.29, 1.82) is 0 Å². The molecule has 0 spiro atoms. The molecule has 1 aliphatic heterocycles. The van der Waals surface area contributed by atoms with Gasteiger partial charge in [-0.1, -0.05) is 19.3 Å². The molecule has 29 heavy (non-hydrogen) atoms. The predicted octanol–water partition coefficient (Wildman–Crippen LogP) is 3.14. The molecule has 3 N–H and O–H groups in total. The molecule has 4 rings (SSSR count). The summed E-state index contributed by atoms with van der Waals surface area (Å²) in [6.45, 7) is 2.88. The molecule has 1 aliphatic carbocycles. The number of nitrogens with zero attached hydrogens (tertiary/aromatic N) is 4. The van der Waals surface area contributed by atoms with Gasteiger partial charge in [-0.05, 0) is 44.4 Å². The minimum absolute atomic E-state index is 0. The smallest absolute Gasteiger partial charge is 0.216 e. The summed E-state index contributed by atoms with van der Waals surface area (Å²) in [5.41, 5.74) is 0. The van der Waals surface area contributed by atoms with E-state index in [0.717, 1.165) is 24.4 Å². The van der Waals surface area contributed by atoms with E-state index in [1.54, 1.807) is 6.26 Å². The summed E-state index contributed by atoms with van der Waals surface area (Å²) in [5.74, 6) is 2.79. The lowest BCUT2D eigenvalue weighted by atomic mass is 9.92. The van der Waals surface area contributed by atoms with Gasteiger partial charge in [-0.3, -0.25) is 15.0 Å². The highest BCUT2D eigenvalue weighted by atomic mass is 127. The third-order valence-corrected chi connectivity index (χ3v) is 5.80. The van der Waals surface area contributed by atoms with Gasteiger partial charge in [-0.25, -0.2) is 4.98 Å². The van der Waals surface area contributed by atoms with E-state index in [-0.39, 0.29) is 24.0 Å². The Balaban J connectivity index is 0.00000240. The molecule has 0 radical (unpaired) electrons. The van der Waals surface area contributed by atoms with Crippen LogP contribution < -0.4 is 10.6 Å². The Morgan fingerprint density at radius 3 is 2.90 bits per heavy atom. The average Bonchev–Trinajstić information content (AvgIpc) is 3.44. The minimum atomic E-state index is 0. The second-order valence-corrected chi connectivity index (χ2v) is 7.78. The third kappa shape index (κ3) is 5.94. The molecule has 2 aromatic rings. The van der Waals surface area contributed by atoms with E-state index >= 15 is 0 Å². The van der Waals surface area contributed by atoms with Gasteiger partial charge in [0, 0.05) is 25.7 Å². The number of aromatic nitrogens is 3. The Bertz CT molecular complexity index is 755. The van der Waals surface area contributed by atoms with E-state index in [0.29, 0.717) is 24.2 Å². The molecule has 0 aromatic carbocycles. The first-order valence-electron chi connectivity index (χ1n) is 10.5. The minimum Gasteiger partial charge on any atom is -0.461 e. The quantitative estimate of drug-likeness (QED) is 0.323. The molecule has 1 saturated heterocycles. The number of guanidine groups is 1. The number of hydrogen-bond acceptors (Lipinski definition) is 5.